The Kier molecular flexibility index (Phi) is 7.20. The van der Waals surface area contributed by atoms with Crippen molar-refractivity contribution in [2.24, 2.45) is 0 Å². The number of carbonyl (C=O) groups is 1. The summed E-state index contributed by atoms with van der Waals surface area (Å²) in [5.41, 5.74) is 0. The largest absolute Gasteiger partial charge is 0.493 e. The van der Waals surface area contributed by atoms with Gasteiger partial charge in [0.2, 0.25) is 15.9 Å². The highest BCUT2D eigenvalue weighted by Gasteiger charge is 2.23. The van der Waals surface area contributed by atoms with Gasteiger partial charge in [0.1, 0.15) is 6.61 Å². The summed E-state index contributed by atoms with van der Waals surface area (Å²) >= 11 is 0. The van der Waals surface area contributed by atoms with Crippen LogP contribution in [-0.4, -0.2) is 52.0 Å². The van der Waals surface area contributed by atoms with Crippen LogP contribution in [0.5, 0.6) is 11.5 Å². The summed E-state index contributed by atoms with van der Waals surface area (Å²) in [5.74, 6) is 0.766. The van der Waals surface area contributed by atoms with Gasteiger partial charge in [-0.2, -0.15) is 4.31 Å². The third-order valence-corrected chi connectivity index (χ3v) is 5.60. The number of benzene rings is 2. The third kappa shape index (κ3) is 5.70. The molecule has 2 rings (SSSR count). The maximum Gasteiger partial charge on any atom is 0.243 e. The first-order valence-corrected chi connectivity index (χ1v) is 9.85. The summed E-state index contributed by atoms with van der Waals surface area (Å²) in [7, 11) is -0.784. The van der Waals surface area contributed by atoms with Crippen LogP contribution in [0.2, 0.25) is 0 Å². The van der Waals surface area contributed by atoms with Crippen LogP contribution in [0.4, 0.5) is 0 Å². The van der Waals surface area contributed by atoms with E-state index in [-0.39, 0.29) is 24.1 Å². The fourth-order valence-corrected chi connectivity index (χ4v) is 3.52. The summed E-state index contributed by atoms with van der Waals surface area (Å²) in [6.07, 6.45) is 0. The summed E-state index contributed by atoms with van der Waals surface area (Å²) < 4.78 is 36.8. The van der Waals surface area contributed by atoms with Crippen LogP contribution in [0.1, 0.15) is 6.92 Å². The minimum absolute atomic E-state index is 0.146. The lowest BCUT2D eigenvalue weighted by atomic mass is 10.3. The first-order chi connectivity index (χ1) is 12.8. The molecule has 0 aromatic heterocycles. The van der Waals surface area contributed by atoms with E-state index >= 15 is 0 Å². The van der Waals surface area contributed by atoms with Gasteiger partial charge in [0.25, 0.3) is 0 Å². The Morgan fingerprint density at radius 1 is 1.07 bits per heavy atom. The molecule has 0 radical (unpaired) electrons. The molecule has 0 unspecified atom stereocenters. The Morgan fingerprint density at radius 3 is 2.30 bits per heavy atom. The van der Waals surface area contributed by atoms with E-state index in [4.69, 9.17) is 9.47 Å². The Bertz CT molecular complexity index is 855. The first kappa shape index (κ1) is 20.7. The van der Waals surface area contributed by atoms with Crippen LogP contribution in [-0.2, 0) is 14.8 Å². The molecule has 0 saturated heterocycles. The molecule has 8 heteroatoms. The Labute approximate surface area is 160 Å². The van der Waals surface area contributed by atoms with Crippen molar-refractivity contribution in [1.29, 1.82) is 0 Å². The topological polar surface area (TPSA) is 84.9 Å². The fourth-order valence-electron chi connectivity index (χ4n) is 2.37. The molecule has 0 fully saturated rings. The summed E-state index contributed by atoms with van der Waals surface area (Å²) in [4.78, 5) is 12.3. The second kappa shape index (κ2) is 9.38. The standard InChI is InChI=1S/C19H24N2O5S/c1-15(14-26-18-12-8-7-11-17(18)25-3)20-19(22)13-21(2)27(23,24)16-9-5-4-6-10-16/h4-12,15H,13-14H2,1-3H3,(H,20,22)/t15-/m1/s1. The average molecular weight is 392 g/mol. The summed E-state index contributed by atoms with van der Waals surface area (Å²) in [6.45, 7) is 1.72. The molecule has 0 bridgehead atoms. The van der Waals surface area contributed by atoms with E-state index in [1.54, 1.807) is 44.4 Å². The smallest absolute Gasteiger partial charge is 0.243 e. The molecule has 1 amide bonds. The van der Waals surface area contributed by atoms with Gasteiger partial charge < -0.3 is 14.8 Å². The quantitative estimate of drug-likeness (QED) is 0.705. The van der Waals surface area contributed by atoms with Gasteiger partial charge in [-0.05, 0) is 31.2 Å². The lowest BCUT2D eigenvalue weighted by Gasteiger charge is -2.20. The molecular formula is C19H24N2O5S. The van der Waals surface area contributed by atoms with Crippen LogP contribution >= 0.6 is 0 Å². The van der Waals surface area contributed by atoms with Crippen molar-refractivity contribution in [2.45, 2.75) is 17.9 Å². The number of sulfonamides is 1. The maximum atomic E-state index is 12.4. The van der Waals surface area contributed by atoms with E-state index in [1.165, 1.54) is 19.2 Å². The SMILES string of the molecule is COc1ccccc1OC[C@@H](C)NC(=O)CN(C)S(=O)(=O)c1ccccc1. The second-order valence-corrected chi connectivity index (χ2v) is 8.05. The number of amides is 1. The molecule has 0 aliphatic carbocycles. The Hall–Kier alpha value is -2.58. The van der Waals surface area contributed by atoms with Gasteiger partial charge in [-0.25, -0.2) is 8.42 Å². The van der Waals surface area contributed by atoms with E-state index in [9.17, 15) is 13.2 Å². The van der Waals surface area contributed by atoms with E-state index < -0.39 is 15.9 Å². The number of methoxy groups -OCH3 is 1. The monoisotopic (exact) mass is 392 g/mol. The predicted molar refractivity (Wildman–Crippen MR) is 102 cm³/mol. The predicted octanol–water partition coefficient (Wildman–Crippen LogP) is 1.90. The molecule has 0 spiro atoms. The zero-order valence-electron chi connectivity index (χ0n) is 15.6. The van der Waals surface area contributed by atoms with Crippen LogP contribution < -0.4 is 14.8 Å². The number of para-hydroxylation sites is 2. The molecule has 0 heterocycles. The first-order valence-electron chi connectivity index (χ1n) is 8.41. The molecular weight excluding hydrogens is 368 g/mol. The minimum Gasteiger partial charge on any atom is -0.493 e. The van der Waals surface area contributed by atoms with Gasteiger partial charge in [0.15, 0.2) is 11.5 Å². The number of nitrogens with zero attached hydrogens (tertiary/aromatic N) is 1. The molecule has 146 valence electrons. The summed E-state index contributed by atoms with van der Waals surface area (Å²) in [5, 5.41) is 2.73. The molecule has 2 aromatic carbocycles. The number of rotatable bonds is 9. The van der Waals surface area contributed by atoms with Crippen molar-refractivity contribution in [2.75, 3.05) is 27.3 Å². The Morgan fingerprint density at radius 2 is 1.67 bits per heavy atom. The highest BCUT2D eigenvalue weighted by atomic mass is 32.2. The number of hydrogen-bond acceptors (Lipinski definition) is 5. The number of hydrogen-bond donors (Lipinski definition) is 1. The number of nitrogens with one attached hydrogen (secondary N) is 1. The maximum absolute atomic E-state index is 12.4. The number of ether oxygens (including phenoxy) is 2. The van der Waals surface area contributed by atoms with Gasteiger partial charge in [0, 0.05) is 7.05 Å². The molecule has 7 nitrogen and oxygen atoms in total. The number of likely N-dealkylation sites (N-methyl/N-ethyl adjacent to an activating group) is 1. The van der Waals surface area contributed by atoms with Gasteiger partial charge >= 0.3 is 0 Å². The van der Waals surface area contributed by atoms with Crippen molar-refractivity contribution < 1.29 is 22.7 Å². The zero-order chi connectivity index (χ0) is 19.9. The van der Waals surface area contributed by atoms with Gasteiger partial charge in [-0.15, -0.1) is 0 Å². The molecule has 1 N–H and O–H groups in total. The molecule has 0 aliphatic rings. The van der Waals surface area contributed by atoms with Crippen LogP contribution in [0.15, 0.2) is 59.5 Å². The second-order valence-electron chi connectivity index (χ2n) is 6.00. The van der Waals surface area contributed by atoms with Crippen molar-refractivity contribution in [1.82, 2.24) is 9.62 Å². The lowest BCUT2D eigenvalue weighted by molar-refractivity contribution is -0.121. The van der Waals surface area contributed by atoms with Crippen LogP contribution in [0.3, 0.4) is 0 Å². The molecule has 0 saturated carbocycles. The van der Waals surface area contributed by atoms with Gasteiger partial charge in [0.05, 0.1) is 24.6 Å². The molecule has 0 aliphatic heterocycles. The lowest BCUT2D eigenvalue weighted by Crippen LogP contribution is -2.43. The number of carbonyl (C=O) groups excluding carboxylic acids is 1. The highest BCUT2D eigenvalue weighted by molar-refractivity contribution is 7.89. The third-order valence-electron chi connectivity index (χ3n) is 3.78. The van der Waals surface area contributed by atoms with Crippen molar-refractivity contribution >= 4 is 15.9 Å². The van der Waals surface area contributed by atoms with E-state index in [0.29, 0.717) is 11.5 Å². The van der Waals surface area contributed by atoms with E-state index in [0.717, 1.165) is 4.31 Å². The molecule has 2 aromatic rings. The molecule has 1 atom stereocenters. The minimum atomic E-state index is -3.71. The van der Waals surface area contributed by atoms with Crippen LogP contribution in [0.25, 0.3) is 0 Å². The Balaban J connectivity index is 1.87. The van der Waals surface area contributed by atoms with Crippen molar-refractivity contribution in [3.63, 3.8) is 0 Å². The van der Waals surface area contributed by atoms with Gasteiger partial charge in [-0.1, -0.05) is 30.3 Å². The van der Waals surface area contributed by atoms with Crippen molar-refractivity contribution in [3.8, 4) is 11.5 Å². The van der Waals surface area contributed by atoms with E-state index in [1.807, 2.05) is 12.1 Å². The normalized spacial score (nSPS) is 12.4. The molecule has 27 heavy (non-hydrogen) atoms. The average Bonchev–Trinajstić information content (AvgIpc) is 2.67. The van der Waals surface area contributed by atoms with Crippen molar-refractivity contribution in [3.05, 3.63) is 54.6 Å². The van der Waals surface area contributed by atoms with Crippen LogP contribution in [0, 0.1) is 0 Å². The summed E-state index contributed by atoms with van der Waals surface area (Å²) in [6, 6.07) is 14.9. The van der Waals surface area contributed by atoms with E-state index in [2.05, 4.69) is 5.32 Å². The highest BCUT2D eigenvalue weighted by Crippen LogP contribution is 2.25. The zero-order valence-corrected chi connectivity index (χ0v) is 16.4. The van der Waals surface area contributed by atoms with Gasteiger partial charge in [-0.3, -0.25) is 4.79 Å². The fraction of sp³-hybridized carbons (Fsp3) is 0.316.